The molecule has 2 rings (SSSR count). The van der Waals surface area contributed by atoms with E-state index in [9.17, 15) is 0 Å². The quantitative estimate of drug-likeness (QED) is 0.714. The maximum Gasteiger partial charge on any atom is 0.220 e. The number of nitrogen functional groups attached to an aromatic ring is 1. The van der Waals surface area contributed by atoms with Crippen molar-refractivity contribution in [2.75, 3.05) is 25.9 Å². The summed E-state index contributed by atoms with van der Waals surface area (Å²) in [4.78, 5) is 10.7. The minimum atomic E-state index is 0.398. The number of likely N-dealkylation sites (tertiary alicyclic amines) is 1. The van der Waals surface area contributed by atoms with Gasteiger partial charge in [-0.2, -0.15) is 0 Å². The Bertz CT molecular complexity index is 317. The van der Waals surface area contributed by atoms with Crippen molar-refractivity contribution in [3.05, 3.63) is 17.5 Å². The van der Waals surface area contributed by atoms with E-state index in [1.807, 2.05) is 13.0 Å². The van der Waals surface area contributed by atoms with E-state index in [1.54, 1.807) is 0 Å². The lowest BCUT2D eigenvalue weighted by Gasteiger charge is -2.10. The molecule has 0 aliphatic carbocycles. The predicted octanol–water partition coefficient (Wildman–Crippen LogP) is 0.786. The molecule has 1 aliphatic heterocycles. The van der Waals surface area contributed by atoms with Crippen LogP contribution in [0.3, 0.4) is 0 Å². The van der Waals surface area contributed by atoms with Crippen LogP contribution in [0.4, 0.5) is 5.95 Å². The van der Waals surface area contributed by atoms with Gasteiger partial charge >= 0.3 is 0 Å². The summed E-state index contributed by atoms with van der Waals surface area (Å²) in [5.41, 5.74) is 7.68. The minimum Gasteiger partial charge on any atom is -0.368 e. The first-order valence-electron chi connectivity index (χ1n) is 4.95. The van der Waals surface area contributed by atoms with Crippen LogP contribution in [0.25, 0.3) is 0 Å². The summed E-state index contributed by atoms with van der Waals surface area (Å²) in [6.07, 6.45) is 1.17. The highest BCUT2D eigenvalue weighted by Gasteiger charge is 2.22. The molecule has 76 valence electrons. The fourth-order valence-electron chi connectivity index (χ4n) is 2.00. The molecular formula is C10H16N4. The van der Waals surface area contributed by atoms with Crippen LogP contribution in [0.15, 0.2) is 6.07 Å². The van der Waals surface area contributed by atoms with Crippen LogP contribution >= 0.6 is 0 Å². The van der Waals surface area contributed by atoms with Crippen molar-refractivity contribution in [2.45, 2.75) is 19.3 Å². The van der Waals surface area contributed by atoms with Crippen LogP contribution in [-0.4, -0.2) is 35.0 Å². The number of nitrogens with zero attached hydrogens (tertiary/aromatic N) is 3. The molecule has 1 saturated heterocycles. The van der Waals surface area contributed by atoms with Gasteiger partial charge in [-0.05, 0) is 33.0 Å². The van der Waals surface area contributed by atoms with Gasteiger partial charge in [-0.15, -0.1) is 0 Å². The third-order valence-corrected chi connectivity index (χ3v) is 2.70. The van der Waals surface area contributed by atoms with Crippen molar-refractivity contribution in [2.24, 2.45) is 0 Å². The Morgan fingerprint density at radius 2 is 2.29 bits per heavy atom. The van der Waals surface area contributed by atoms with Crippen LogP contribution < -0.4 is 5.73 Å². The topological polar surface area (TPSA) is 55.0 Å². The summed E-state index contributed by atoms with van der Waals surface area (Å²) in [5.74, 6) is 0.929. The number of aryl methyl sites for hydroxylation is 1. The molecule has 1 fully saturated rings. The van der Waals surface area contributed by atoms with E-state index >= 15 is 0 Å². The zero-order valence-corrected chi connectivity index (χ0v) is 8.70. The molecule has 1 aliphatic rings. The molecule has 0 radical (unpaired) electrons. The lowest BCUT2D eigenvalue weighted by molar-refractivity contribution is 0.410. The molecule has 2 heterocycles. The molecule has 0 aromatic carbocycles. The third-order valence-electron chi connectivity index (χ3n) is 2.70. The maximum absolute atomic E-state index is 5.63. The number of hydrogen-bond donors (Lipinski definition) is 1. The SMILES string of the molecule is Cc1cc(C2CCN(C)C2)nc(N)n1. The van der Waals surface area contributed by atoms with E-state index < -0.39 is 0 Å². The van der Waals surface area contributed by atoms with Gasteiger partial charge < -0.3 is 10.6 Å². The second-order valence-corrected chi connectivity index (χ2v) is 4.04. The Kier molecular flexibility index (Phi) is 2.37. The van der Waals surface area contributed by atoms with Crippen LogP contribution in [0.1, 0.15) is 23.7 Å². The van der Waals surface area contributed by atoms with Gasteiger partial charge in [0.1, 0.15) is 0 Å². The molecule has 1 atom stereocenters. The fourth-order valence-corrected chi connectivity index (χ4v) is 2.00. The number of rotatable bonds is 1. The normalized spacial score (nSPS) is 22.9. The van der Waals surface area contributed by atoms with E-state index in [0.717, 1.165) is 24.5 Å². The number of nitrogens with two attached hydrogens (primary N) is 1. The zero-order chi connectivity index (χ0) is 10.1. The molecule has 1 unspecified atom stereocenters. The Balaban J connectivity index is 2.23. The highest BCUT2D eigenvalue weighted by atomic mass is 15.1. The average molecular weight is 192 g/mol. The average Bonchev–Trinajstić information content (AvgIpc) is 2.50. The van der Waals surface area contributed by atoms with Crippen molar-refractivity contribution in [1.29, 1.82) is 0 Å². The molecule has 1 aromatic rings. The van der Waals surface area contributed by atoms with Gasteiger partial charge in [-0.1, -0.05) is 0 Å². The van der Waals surface area contributed by atoms with E-state index in [1.165, 1.54) is 6.42 Å². The van der Waals surface area contributed by atoms with Gasteiger partial charge in [0.15, 0.2) is 0 Å². The van der Waals surface area contributed by atoms with Gasteiger partial charge in [0.2, 0.25) is 5.95 Å². The molecule has 0 spiro atoms. The molecule has 4 heteroatoms. The first kappa shape index (κ1) is 9.40. The zero-order valence-electron chi connectivity index (χ0n) is 8.70. The van der Waals surface area contributed by atoms with Crippen LogP contribution in [0.2, 0.25) is 0 Å². The number of anilines is 1. The van der Waals surface area contributed by atoms with Crippen molar-refractivity contribution >= 4 is 5.95 Å². The Hall–Kier alpha value is -1.16. The molecular weight excluding hydrogens is 176 g/mol. The Labute approximate surface area is 84.2 Å². The smallest absolute Gasteiger partial charge is 0.220 e. The monoisotopic (exact) mass is 192 g/mol. The largest absolute Gasteiger partial charge is 0.368 e. The minimum absolute atomic E-state index is 0.398. The van der Waals surface area contributed by atoms with Gasteiger partial charge in [0.05, 0.1) is 5.69 Å². The molecule has 2 N–H and O–H groups in total. The van der Waals surface area contributed by atoms with E-state index in [-0.39, 0.29) is 0 Å². The van der Waals surface area contributed by atoms with Gasteiger partial charge in [-0.3, -0.25) is 0 Å². The Morgan fingerprint density at radius 3 is 2.86 bits per heavy atom. The second kappa shape index (κ2) is 3.53. The molecule has 1 aromatic heterocycles. The summed E-state index contributed by atoms with van der Waals surface area (Å²) in [6.45, 7) is 4.18. The van der Waals surface area contributed by atoms with E-state index in [2.05, 4.69) is 21.9 Å². The summed E-state index contributed by atoms with van der Waals surface area (Å²) < 4.78 is 0. The lowest BCUT2D eigenvalue weighted by atomic mass is 10.0. The molecule has 4 nitrogen and oxygen atoms in total. The van der Waals surface area contributed by atoms with Crippen molar-refractivity contribution in [3.8, 4) is 0 Å². The van der Waals surface area contributed by atoms with E-state index in [0.29, 0.717) is 11.9 Å². The molecule has 0 bridgehead atoms. The lowest BCUT2D eigenvalue weighted by Crippen LogP contribution is -2.14. The molecule has 14 heavy (non-hydrogen) atoms. The second-order valence-electron chi connectivity index (χ2n) is 4.04. The number of likely N-dealkylation sites (N-methyl/N-ethyl adjacent to an activating group) is 1. The summed E-state index contributed by atoms with van der Waals surface area (Å²) in [7, 11) is 2.14. The summed E-state index contributed by atoms with van der Waals surface area (Å²) >= 11 is 0. The van der Waals surface area contributed by atoms with Gasteiger partial charge in [0.25, 0.3) is 0 Å². The van der Waals surface area contributed by atoms with Gasteiger partial charge in [-0.25, -0.2) is 9.97 Å². The highest BCUT2D eigenvalue weighted by molar-refractivity contribution is 5.24. The molecule has 0 saturated carbocycles. The third kappa shape index (κ3) is 1.85. The Morgan fingerprint density at radius 1 is 1.50 bits per heavy atom. The van der Waals surface area contributed by atoms with E-state index in [4.69, 9.17) is 5.73 Å². The summed E-state index contributed by atoms with van der Waals surface area (Å²) in [5, 5.41) is 0. The predicted molar refractivity (Wildman–Crippen MR) is 56.0 cm³/mol. The standard InChI is InChI=1S/C10H16N4/c1-7-5-9(13-10(11)12-7)8-3-4-14(2)6-8/h5,8H,3-4,6H2,1-2H3,(H2,11,12,13). The summed E-state index contributed by atoms with van der Waals surface area (Å²) in [6, 6.07) is 2.04. The van der Waals surface area contributed by atoms with Gasteiger partial charge in [0, 0.05) is 18.2 Å². The fraction of sp³-hybridized carbons (Fsp3) is 0.600. The maximum atomic E-state index is 5.63. The molecule has 0 amide bonds. The first-order chi connectivity index (χ1) is 6.65. The van der Waals surface area contributed by atoms with Crippen molar-refractivity contribution in [1.82, 2.24) is 14.9 Å². The van der Waals surface area contributed by atoms with Crippen LogP contribution in [0.5, 0.6) is 0 Å². The van der Waals surface area contributed by atoms with Crippen LogP contribution in [0, 0.1) is 6.92 Å². The number of hydrogen-bond acceptors (Lipinski definition) is 4. The van der Waals surface area contributed by atoms with Crippen molar-refractivity contribution < 1.29 is 0 Å². The number of aromatic nitrogens is 2. The van der Waals surface area contributed by atoms with Crippen molar-refractivity contribution in [3.63, 3.8) is 0 Å². The first-order valence-corrected chi connectivity index (χ1v) is 4.95. The highest BCUT2D eigenvalue weighted by Crippen LogP contribution is 2.25. The van der Waals surface area contributed by atoms with Crippen LogP contribution in [-0.2, 0) is 0 Å².